The minimum Gasteiger partial charge on any atom is -0.336 e. The van der Waals surface area contributed by atoms with E-state index in [-0.39, 0.29) is 18.3 Å². The van der Waals surface area contributed by atoms with Gasteiger partial charge in [0, 0.05) is 43.8 Å². The van der Waals surface area contributed by atoms with Crippen LogP contribution in [0.4, 0.5) is 0 Å². The molecule has 4 nitrogen and oxygen atoms in total. The van der Waals surface area contributed by atoms with Crippen molar-refractivity contribution in [3.8, 4) is 0 Å². The van der Waals surface area contributed by atoms with Crippen molar-refractivity contribution in [1.82, 2.24) is 15.1 Å². The van der Waals surface area contributed by atoms with E-state index >= 15 is 0 Å². The quantitative estimate of drug-likeness (QED) is 0.876. The molecule has 0 aromatic heterocycles. The number of rotatable bonds is 2. The van der Waals surface area contributed by atoms with Crippen LogP contribution >= 0.6 is 35.6 Å². The summed E-state index contributed by atoms with van der Waals surface area (Å²) >= 11 is 12.0. The standard InChI is InChI=1S/C15H19Cl2N3O.ClH/c16-11-1-2-13(14(17)9-11)15(21)20-7-5-19(6-8-20)12-3-4-18-10-12;/h1-2,9,12,18H,3-8,10H2;1H. The van der Waals surface area contributed by atoms with Gasteiger partial charge in [0.15, 0.2) is 0 Å². The maximum Gasteiger partial charge on any atom is 0.255 e. The Hall–Kier alpha value is -0.520. The molecule has 1 aromatic carbocycles. The molecule has 1 atom stereocenters. The summed E-state index contributed by atoms with van der Waals surface area (Å²) in [5.41, 5.74) is 0.539. The molecule has 1 aromatic rings. The second-order valence-corrected chi connectivity index (χ2v) is 6.44. The van der Waals surface area contributed by atoms with Crippen LogP contribution in [0.2, 0.25) is 10.0 Å². The van der Waals surface area contributed by atoms with E-state index in [1.54, 1.807) is 18.2 Å². The highest BCUT2D eigenvalue weighted by Crippen LogP contribution is 2.23. The maximum absolute atomic E-state index is 12.5. The van der Waals surface area contributed by atoms with Gasteiger partial charge in [-0.25, -0.2) is 0 Å². The van der Waals surface area contributed by atoms with Crippen molar-refractivity contribution in [3.63, 3.8) is 0 Å². The lowest BCUT2D eigenvalue weighted by Crippen LogP contribution is -2.52. The van der Waals surface area contributed by atoms with Gasteiger partial charge in [0.05, 0.1) is 10.6 Å². The normalized spacial score (nSPS) is 22.5. The molecule has 3 rings (SSSR count). The van der Waals surface area contributed by atoms with Crippen LogP contribution in [0.5, 0.6) is 0 Å². The van der Waals surface area contributed by atoms with E-state index < -0.39 is 0 Å². The van der Waals surface area contributed by atoms with E-state index in [1.807, 2.05) is 4.90 Å². The molecule has 2 fully saturated rings. The molecule has 7 heteroatoms. The lowest BCUT2D eigenvalue weighted by molar-refractivity contribution is 0.0584. The molecule has 22 heavy (non-hydrogen) atoms. The average Bonchev–Trinajstić information content (AvgIpc) is 3.01. The minimum absolute atomic E-state index is 0. The number of hydrogen-bond acceptors (Lipinski definition) is 3. The van der Waals surface area contributed by atoms with Gasteiger partial charge < -0.3 is 10.2 Å². The number of hydrogen-bond donors (Lipinski definition) is 1. The van der Waals surface area contributed by atoms with Gasteiger partial charge in [-0.3, -0.25) is 9.69 Å². The first-order valence-electron chi connectivity index (χ1n) is 7.34. The monoisotopic (exact) mass is 363 g/mol. The van der Waals surface area contributed by atoms with Crippen LogP contribution in [0.1, 0.15) is 16.8 Å². The highest BCUT2D eigenvalue weighted by atomic mass is 35.5. The SMILES string of the molecule is Cl.O=C(c1ccc(Cl)cc1Cl)N1CCN(C2CCNC2)CC1. The highest BCUT2D eigenvalue weighted by molar-refractivity contribution is 6.36. The summed E-state index contributed by atoms with van der Waals surface area (Å²) < 4.78 is 0. The lowest BCUT2D eigenvalue weighted by atomic mass is 10.1. The Labute approximate surface area is 147 Å². The Morgan fingerprint density at radius 2 is 1.91 bits per heavy atom. The fraction of sp³-hybridized carbons (Fsp3) is 0.533. The molecule has 1 N–H and O–H groups in total. The minimum atomic E-state index is 0. The summed E-state index contributed by atoms with van der Waals surface area (Å²) in [5.74, 6) is 0.000800. The van der Waals surface area contributed by atoms with E-state index in [4.69, 9.17) is 23.2 Å². The molecule has 0 aliphatic carbocycles. The van der Waals surface area contributed by atoms with Crippen LogP contribution in [-0.4, -0.2) is 61.0 Å². The first kappa shape index (κ1) is 17.8. The van der Waals surface area contributed by atoms with Crippen molar-refractivity contribution in [3.05, 3.63) is 33.8 Å². The first-order valence-corrected chi connectivity index (χ1v) is 8.10. The smallest absolute Gasteiger partial charge is 0.255 e. The highest BCUT2D eigenvalue weighted by Gasteiger charge is 2.28. The largest absolute Gasteiger partial charge is 0.336 e. The zero-order chi connectivity index (χ0) is 14.8. The number of carbonyl (C=O) groups is 1. The average molecular weight is 365 g/mol. The summed E-state index contributed by atoms with van der Waals surface area (Å²) in [6.07, 6.45) is 1.21. The van der Waals surface area contributed by atoms with Gasteiger partial charge >= 0.3 is 0 Å². The summed E-state index contributed by atoms with van der Waals surface area (Å²) in [6.45, 7) is 5.55. The predicted molar refractivity (Wildman–Crippen MR) is 92.5 cm³/mol. The number of carbonyl (C=O) groups excluding carboxylic acids is 1. The van der Waals surface area contributed by atoms with Gasteiger partial charge in [0.1, 0.15) is 0 Å². The molecule has 0 bridgehead atoms. The molecular weight excluding hydrogens is 345 g/mol. The Kier molecular flexibility index (Phi) is 6.36. The van der Waals surface area contributed by atoms with Crippen LogP contribution in [0.25, 0.3) is 0 Å². The Morgan fingerprint density at radius 1 is 1.18 bits per heavy atom. The molecule has 2 saturated heterocycles. The Bertz CT molecular complexity index is 527. The number of benzene rings is 1. The van der Waals surface area contributed by atoms with E-state index in [2.05, 4.69) is 10.2 Å². The molecule has 122 valence electrons. The number of nitrogens with one attached hydrogen (secondary N) is 1. The van der Waals surface area contributed by atoms with Crippen LogP contribution < -0.4 is 5.32 Å². The summed E-state index contributed by atoms with van der Waals surface area (Å²) in [7, 11) is 0. The molecule has 1 amide bonds. The third-order valence-corrected chi connectivity index (χ3v) is 4.86. The summed E-state index contributed by atoms with van der Waals surface area (Å²) in [4.78, 5) is 16.9. The molecule has 0 radical (unpaired) electrons. The van der Waals surface area contributed by atoms with Crippen molar-refractivity contribution < 1.29 is 4.79 Å². The Morgan fingerprint density at radius 3 is 2.50 bits per heavy atom. The number of nitrogens with zero attached hydrogens (tertiary/aromatic N) is 2. The molecule has 0 saturated carbocycles. The second-order valence-electron chi connectivity index (χ2n) is 5.60. The van der Waals surface area contributed by atoms with Gasteiger partial charge in [-0.15, -0.1) is 12.4 Å². The van der Waals surface area contributed by atoms with Crippen molar-refractivity contribution >= 4 is 41.5 Å². The van der Waals surface area contributed by atoms with Crippen molar-refractivity contribution in [1.29, 1.82) is 0 Å². The zero-order valence-electron chi connectivity index (χ0n) is 12.2. The number of piperazine rings is 1. The second kappa shape index (κ2) is 7.84. The van der Waals surface area contributed by atoms with Gasteiger partial charge in [-0.1, -0.05) is 23.2 Å². The van der Waals surface area contributed by atoms with Crippen LogP contribution in [-0.2, 0) is 0 Å². The lowest BCUT2D eigenvalue weighted by Gasteiger charge is -2.37. The Balaban J connectivity index is 0.00000176. The van der Waals surface area contributed by atoms with E-state index in [0.717, 1.165) is 39.3 Å². The first-order chi connectivity index (χ1) is 10.1. The third-order valence-electron chi connectivity index (χ3n) is 4.31. The fourth-order valence-corrected chi connectivity index (χ4v) is 3.56. The van der Waals surface area contributed by atoms with Crippen molar-refractivity contribution in [2.45, 2.75) is 12.5 Å². The molecule has 2 aliphatic rings. The van der Waals surface area contributed by atoms with E-state index in [1.165, 1.54) is 6.42 Å². The predicted octanol–water partition coefficient (Wildman–Crippen LogP) is 2.53. The summed E-state index contributed by atoms with van der Waals surface area (Å²) in [5, 5.41) is 4.37. The summed E-state index contributed by atoms with van der Waals surface area (Å²) in [6, 6.07) is 5.67. The zero-order valence-corrected chi connectivity index (χ0v) is 14.6. The van der Waals surface area contributed by atoms with Gasteiger partial charge in [-0.2, -0.15) is 0 Å². The van der Waals surface area contributed by atoms with Gasteiger partial charge in [-0.05, 0) is 31.2 Å². The molecule has 1 unspecified atom stereocenters. The fourth-order valence-electron chi connectivity index (χ4n) is 3.07. The third kappa shape index (κ3) is 3.87. The van der Waals surface area contributed by atoms with Crippen LogP contribution in [0.3, 0.4) is 0 Å². The van der Waals surface area contributed by atoms with Crippen molar-refractivity contribution in [2.75, 3.05) is 39.3 Å². The van der Waals surface area contributed by atoms with Gasteiger partial charge in [0.25, 0.3) is 5.91 Å². The van der Waals surface area contributed by atoms with E-state index in [9.17, 15) is 4.79 Å². The van der Waals surface area contributed by atoms with Crippen molar-refractivity contribution in [2.24, 2.45) is 0 Å². The van der Waals surface area contributed by atoms with Gasteiger partial charge in [0.2, 0.25) is 0 Å². The number of halogens is 3. The number of amides is 1. The maximum atomic E-state index is 12.5. The van der Waals surface area contributed by atoms with Crippen LogP contribution in [0, 0.1) is 0 Å². The molecule has 2 heterocycles. The topological polar surface area (TPSA) is 35.6 Å². The molecule has 0 spiro atoms. The van der Waals surface area contributed by atoms with E-state index in [0.29, 0.717) is 21.7 Å². The molecule has 2 aliphatic heterocycles. The van der Waals surface area contributed by atoms with Crippen LogP contribution in [0.15, 0.2) is 18.2 Å². The molecular formula is C15H20Cl3N3O.